The predicted molar refractivity (Wildman–Crippen MR) is 94.5 cm³/mol. The third-order valence-electron chi connectivity index (χ3n) is 3.21. The summed E-state index contributed by atoms with van der Waals surface area (Å²) in [5, 5.41) is 6.70. The molecule has 0 radical (unpaired) electrons. The number of benzene rings is 2. The van der Waals surface area contributed by atoms with Crippen molar-refractivity contribution in [2.75, 3.05) is 16.0 Å². The molecule has 2 aromatic rings. The molecule has 0 bridgehead atoms. The molecule has 0 fully saturated rings. The van der Waals surface area contributed by atoms with E-state index in [-0.39, 0.29) is 22.3 Å². The Morgan fingerprint density at radius 1 is 0.852 bits per heavy atom. The van der Waals surface area contributed by atoms with E-state index in [1.807, 2.05) is 5.32 Å². The van der Waals surface area contributed by atoms with Gasteiger partial charge in [-0.15, -0.1) is 0 Å². The van der Waals surface area contributed by atoms with Crippen LogP contribution < -0.4 is 16.0 Å². The third kappa shape index (κ3) is 5.71. The first-order valence-corrected chi connectivity index (χ1v) is 7.81. The van der Waals surface area contributed by atoms with Crippen molar-refractivity contribution < 1.29 is 27.6 Å². The Bertz CT molecular complexity index is 883. The Labute approximate surface area is 156 Å². The number of amides is 3. The molecule has 2 aromatic carbocycles. The smallest absolute Gasteiger partial charge is 0.326 e. The van der Waals surface area contributed by atoms with E-state index in [2.05, 4.69) is 10.6 Å². The largest absolute Gasteiger partial charge is 0.416 e. The highest BCUT2D eigenvalue weighted by molar-refractivity contribution is 6.44. The van der Waals surface area contributed by atoms with Gasteiger partial charge in [0.05, 0.1) is 16.3 Å². The Morgan fingerprint density at radius 2 is 1.37 bits per heavy atom. The SMILES string of the molecule is CC(=O)Nc1ccc(NC(=O)C(=O)Nc2cc(C(F)(F)F)ccc2Cl)cc1. The third-order valence-corrected chi connectivity index (χ3v) is 3.54. The highest BCUT2D eigenvalue weighted by Gasteiger charge is 2.31. The summed E-state index contributed by atoms with van der Waals surface area (Å²) in [6, 6.07) is 8.24. The van der Waals surface area contributed by atoms with Gasteiger partial charge < -0.3 is 16.0 Å². The monoisotopic (exact) mass is 399 g/mol. The summed E-state index contributed by atoms with van der Waals surface area (Å²) in [4.78, 5) is 34.8. The van der Waals surface area contributed by atoms with Crippen molar-refractivity contribution in [3.8, 4) is 0 Å². The molecule has 0 aliphatic carbocycles. The van der Waals surface area contributed by atoms with E-state index >= 15 is 0 Å². The molecule has 142 valence electrons. The zero-order valence-corrected chi connectivity index (χ0v) is 14.5. The molecule has 0 atom stereocenters. The Balaban J connectivity index is 2.06. The first kappa shape index (κ1) is 20.2. The lowest BCUT2D eigenvalue weighted by molar-refractivity contribution is -0.137. The molecule has 6 nitrogen and oxygen atoms in total. The van der Waals surface area contributed by atoms with Gasteiger partial charge in [-0.25, -0.2) is 0 Å². The molecule has 0 saturated carbocycles. The summed E-state index contributed by atoms with van der Waals surface area (Å²) in [5.74, 6) is -2.57. The highest BCUT2D eigenvalue weighted by atomic mass is 35.5. The maximum atomic E-state index is 12.7. The Hall–Kier alpha value is -3.07. The first-order chi connectivity index (χ1) is 12.6. The van der Waals surface area contributed by atoms with Gasteiger partial charge in [0.15, 0.2) is 0 Å². The number of alkyl halides is 3. The van der Waals surface area contributed by atoms with Crippen LogP contribution in [0.25, 0.3) is 0 Å². The van der Waals surface area contributed by atoms with Crippen LogP contribution in [0.5, 0.6) is 0 Å². The summed E-state index contributed by atoms with van der Waals surface area (Å²) in [6.07, 6.45) is -4.62. The lowest BCUT2D eigenvalue weighted by Gasteiger charge is -2.12. The van der Waals surface area contributed by atoms with Crippen molar-refractivity contribution in [3.63, 3.8) is 0 Å². The van der Waals surface area contributed by atoms with Crippen LogP contribution in [0.1, 0.15) is 12.5 Å². The maximum Gasteiger partial charge on any atom is 0.416 e. The van der Waals surface area contributed by atoms with E-state index in [0.717, 1.165) is 12.1 Å². The minimum atomic E-state index is -4.62. The second-order valence-electron chi connectivity index (χ2n) is 5.36. The molecule has 10 heteroatoms. The van der Waals surface area contributed by atoms with Gasteiger partial charge in [-0.05, 0) is 42.5 Å². The van der Waals surface area contributed by atoms with Gasteiger partial charge in [0.2, 0.25) is 5.91 Å². The second-order valence-corrected chi connectivity index (χ2v) is 5.77. The quantitative estimate of drug-likeness (QED) is 0.684. The van der Waals surface area contributed by atoms with Crippen molar-refractivity contribution in [2.45, 2.75) is 13.1 Å². The van der Waals surface area contributed by atoms with Gasteiger partial charge in [0.1, 0.15) is 0 Å². The fourth-order valence-electron chi connectivity index (χ4n) is 2.00. The van der Waals surface area contributed by atoms with Crippen molar-refractivity contribution >= 4 is 46.4 Å². The molecule has 0 saturated heterocycles. The van der Waals surface area contributed by atoms with Crippen molar-refractivity contribution in [1.82, 2.24) is 0 Å². The second kappa shape index (κ2) is 8.09. The van der Waals surface area contributed by atoms with Crippen LogP contribution in [0.2, 0.25) is 5.02 Å². The standard InChI is InChI=1S/C17H13ClF3N3O3/c1-9(25)22-11-3-5-12(6-4-11)23-15(26)16(27)24-14-8-10(17(19,20)21)2-7-13(14)18/h2-8H,1H3,(H,22,25)(H,23,26)(H,24,27). The van der Waals surface area contributed by atoms with Crippen LogP contribution in [0.3, 0.4) is 0 Å². The Morgan fingerprint density at radius 3 is 1.89 bits per heavy atom. The van der Waals surface area contributed by atoms with E-state index in [1.165, 1.54) is 31.2 Å². The first-order valence-electron chi connectivity index (χ1n) is 7.43. The van der Waals surface area contributed by atoms with E-state index in [9.17, 15) is 27.6 Å². The fourth-order valence-corrected chi connectivity index (χ4v) is 2.17. The highest BCUT2D eigenvalue weighted by Crippen LogP contribution is 2.33. The van der Waals surface area contributed by atoms with Crippen LogP contribution in [-0.2, 0) is 20.6 Å². The number of halogens is 4. The number of carbonyl (C=O) groups is 3. The summed E-state index contributed by atoms with van der Waals surface area (Å²) in [6.45, 7) is 1.33. The summed E-state index contributed by atoms with van der Waals surface area (Å²) >= 11 is 5.77. The lowest BCUT2D eigenvalue weighted by atomic mass is 10.2. The maximum absolute atomic E-state index is 12.7. The van der Waals surface area contributed by atoms with Gasteiger partial charge in [0, 0.05) is 18.3 Å². The molecule has 0 aliphatic heterocycles. The van der Waals surface area contributed by atoms with E-state index in [0.29, 0.717) is 11.8 Å². The molecule has 0 spiro atoms. The van der Waals surface area contributed by atoms with Crippen molar-refractivity contribution in [3.05, 3.63) is 53.1 Å². The molecule has 0 unspecified atom stereocenters. The summed E-state index contributed by atoms with van der Waals surface area (Å²) < 4.78 is 38.2. The van der Waals surface area contributed by atoms with Gasteiger partial charge in [0.25, 0.3) is 0 Å². The topological polar surface area (TPSA) is 87.3 Å². The minimum absolute atomic E-state index is 0.149. The van der Waals surface area contributed by atoms with Crippen molar-refractivity contribution in [1.29, 1.82) is 0 Å². The number of nitrogens with one attached hydrogen (secondary N) is 3. The average molecular weight is 400 g/mol. The Kier molecular flexibility index (Phi) is 6.06. The van der Waals surface area contributed by atoms with E-state index < -0.39 is 23.6 Å². The van der Waals surface area contributed by atoms with E-state index in [4.69, 9.17) is 11.6 Å². The van der Waals surface area contributed by atoms with Crippen LogP contribution in [-0.4, -0.2) is 17.7 Å². The lowest BCUT2D eigenvalue weighted by Crippen LogP contribution is -2.29. The minimum Gasteiger partial charge on any atom is -0.326 e. The molecule has 27 heavy (non-hydrogen) atoms. The van der Waals surface area contributed by atoms with E-state index in [1.54, 1.807) is 0 Å². The normalized spacial score (nSPS) is 10.9. The van der Waals surface area contributed by atoms with Crippen LogP contribution in [0.15, 0.2) is 42.5 Å². The number of rotatable bonds is 3. The average Bonchev–Trinajstić information content (AvgIpc) is 2.57. The number of hydrogen-bond acceptors (Lipinski definition) is 3. The number of hydrogen-bond donors (Lipinski definition) is 3. The molecule has 3 N–H and O–H groups in total. The fraction of sp³-hybridized carbons (Fsp3) is 0.118. The summed E-state index contributed by atoms with van der Waals surface area (Å²) in [5.41, 5.74) is -0.621. The molecular weight excluding hydrogens is 387 g/mol. The number of anilines is 3. The molecule has 2 rings (SSSR count). The van der Waals surface area contributed by atoms with Gasteiger partial charge in [-0.1, -0.05) is 11.6 Å². The zero-order chi connectivity index (χ0) is 20.2. The molecule has 0 aliphatic rings. The van der Waals surface area contributed by atoms with Gasteiger partial charge in [-0.3, -0.25) is 14.4 Å². The van der Waals surface area contributed by atoms with Crippen molar-refractivity contribution in [2.24, 2.45) is 0 Å². The predicted octanol–water partition coefficient (Wildman–Crippen LogP) is 3.89. The van der Waals surface area contributed by atoms with Crippen LogP contribution >= 0.6 is 11.6 Å². The number of carbonyl (C=O) groups excluding carboxylic acids is 3. The van der Waals surface area contributed by atoms with Gasteiger partial charge in [-0.2, -0.15) is 13.2 Å². The molecule has 0 aromatic heterocycles. The molecule has 0 heterocycles. The van der Waals surface area contributed by atoms with Gasteiger partial charge >= 0.3 is 18.0 Å². The molecular formula is C17H13ClF3N3O3. The summed E-state index contributed by atoms with van der Waals surface area (Å²) in [7, 11) is 0. The zero-order valence-electron chi connectivity index (χ0n) is 13.8. The molecule has 3 amide bonds. The van der Waals surface area contributed by atoms with Crippen LogP contribution in [0.4, 0.5) is 30.2 Å². The van der Waals surface area contributed by atoms with Crippen LogP contribution in [0, 0.1) is 0 Å².